The molecule has 0 unspecified atom stereocenters. The maximum Gasteiger partial charge on any atom is 0.292 e. The average Bonchev–Trinajstić information content (AvgIpc) is 2.78. The summed E-state index contributed by atoms with van der Waals surface area (Å²) in [4.78, 5) is 8.69. The second-order valence-electron chi connectivity index (χ2n) is 2.52. The van der Waals surface area contributed by atoms with Gasteiger partial charge in [-0.2, -0.15) is 0 Å². The van der Waals surface area contributed by atoms with E-state index >= 15 is 0 Å². The minimum absolute atomic E-state index is 0.0920. The second-order valence-corrected chi connectivity index (χ2v) is 5.41. The Hall–Kier alpha value is -0.500. The smallest absolute Gasteiger partial charge is 0.284 e. The molecule has 2 rings (SSSR count). The zero-order valence-electron chi connectivity index (χ0n) is 6.71. The van der Waals surface area contributed by atoms with Crippen LogP contribution in [0.5, 0.6) is 0 Å². The van der Waals surface area contributed by atoms with Crippen LogP contribution in [0.2, 0.25) is 0 Å². The molecule has 0 aromatic carbocycles. The lowest BCUT2D eigenvalue weighted by Gasteiger charge is -2.10. The van der Waals surface area contributed by atoms with Crippen LogP contribution in [0.15, 0.2) is 15.9 Å². The van der Waals surface area contributed by atoms with Gasteiger partial charge in [-0.05, 0) is 6.42 Å². The normalized spacial score (nSPS) is 19.4. The van der Waals surface area contributed by atoms with Crippen molar-refractivity contribution in [2.24, 2.45) is 0 Å². The van der Waals surface area contributed by atoms with Gasteiger partial charge in [0.1, 0.15) is 0 Å². The summed E-state index contributed by atoms with van der Waals surface area (Å²) in [6, 6.07) is 0. The summed E-state index contributed by atoms with van der Waals surface area (Å²) in [5, 5.41) is 1.63. The van der Waals surface area contributed by atoms with Crippen molar-refractivity contribution in [1.29, 1.82) is 0 Å². The lowest BCUT2D eigenvalue weighted by molar-refractivity contribution is -0.0284. The van der Waals surface area contributed by atoms with Crippen molar-refractivity contribution in [3.05, 3.63) is 11.6 Å². The van der Waals surface area contributed by atoms with E-state index in [1.807, 2.05) is 0 Å². The van der Waals surface area contributed by atoms with Gasteiger partial charge in [0.25, 0.3) is 10.0 Å². The minimum Gasteiger partial charge on any atom is -0.284 e. The van der Waals surface area contributed by atoms with Crippen LogP contribution >= 0.6 is 11.3 Å². The van der Waals surface area contributed by atoms with E-state index in [0.29, 0.717) is 13.2 Å². The third-order valence-electron chi connectivity index (χ3n) is 1.62. The monoisotopic (exact) mass is 220 g/mol. The third-order valence-corrected chi connectivity index (χ3v) is 4.47. The van der Waals surface area contributed by atoms with Gasteiger partial charge in [0, 0.05) is 18.1 Å². The molecule has 0 N–H and O–H groups in total. The topological polar surface area (TPSA) is 59.5 Å². The van der Waals surface area contributed by atoms with Crippen LogP contribution < -0.4 is 0 Å². The summed E-state index contributed by atoms with van der Waals surface area (Å²) in [7, 11) is -3.48. The maximum atomic E-state index is 11.6. The van der Waals surface area contributed by atoms with Gasteiger partial charge in [-0.3, -0.25) is 4.84 Å². The molecule has 0 aliphatic carbocycles. The summed E-state index contributed by atoms with van der Waals surface area (Å²) < 4.78 is 24.4. The Kier molecular flexibility index (Phi) is 2.33. The highest BCUT2D eigenvalue weighted by Gasteiger charge is 2.30. The van der Waals surface area contributed by atoms with E-state index in [1.165, 1.54) is 6.20 Å². The molecular weight excluding hydrogens is 212 g/mol. The van der Waals surface area contributed by atoms with E-state index < -0.39 is 10.0 Å². The Balaban J connectivity index is 2.30. The largest absolute Gasteiger partial charge is 0.292 e. The number of sulfonamides is 1. The highest BCUT2D eigenvalue weighted by Crippen LogP contribution is 2.20. The molecule has 2 heterocycles. The number of hydroxylamine groups is 1. The first kappa shape index (κ1) is 9.07. The number of hydrogen-bond acceptors (Lipinski definition) is 5. The van der Waals surface area contributed by atoms with E-state index in [9.17, 15) is 8.42 Å². The van der Waals surface area contributed by atoms with Crippen molar-refractivity contribution >= 4 is 21.4 Å². The summed E-state index contributed by atoms with van der Waals surface area (Å²) in [5.74, 6) is 0. The number of thiazole rings is 1. The number of nitrogens with zero attached hydrogens (tertiary/aromatic N) is 2. The van der Waals surface area contributed by atoms with Crippen LogP contribution in [-0.4, -0.2) is 31.0 Å². The van der Waals surface area contributed by atoms with Crippen LogP contribution in [0, 0.1) is 0 Å². The van der Waals surface area contributed by atoms with Crippen LogP contribution in [0.3, 0.4) is 0 Å². The van der Waals surface area contributed by atoms with Gasteiger partial charge in [-0.25, -0.2) is 13.4 Å². The van der Waals surface area contributed by atoms with E-state index in [0.717, 1.165) is 22.2 Å². The molecule has 13 heavy (non-hydrogen) atoms. The molecular formula is C6H8N2O3S2. The zero-order chi connectivity index (χ0) is 9.31. The van der Waals surface area contributed by atoms with Gasteiger partial charge < -0.3 is 0 Å². The molecule has 0 saturated carbocycles. The molecule has 1 aliphatic rings. The van der Waals surface area contributed by atoms with Gasteiger partial charge in [0.2, 0.25) is 4.34 Å². The van der Waals surface area contributed by atoms with Gasteiger partial charge in [-0.15, -0.1) is 11.3 Å². The first-order chi connectivity index (χ1) is 6.21. The van der Waals surface area contributed by atoms with E-state index in [-0.39, 0.29) is 4.34 Å². The van der Waals surface area contributed by atoms with E-state index in [2.05, 4.69) is 4.98 Å². The fourth-order valence-corrected chi connectivity index (χ4v) is 3.25. The molecule has 1 saturated heterocycles. The van der Waals surface area contributed by atoms with Gasteiger partial charge in [-0.1, -0.05) is 4.47 Å². The summed E-state index contributed by atoms with van der Waals surface area (Å²) in [6.45, 7) is 0.881. The molecule has 1 aromatic heterocycles. The lowest BCUT2D eigenvalue weighted by Crippen LogP contribution is -2.26. The molecule has 7 heteroatoms. The Morgan fingerprint density at radius 2 is 2.46 bits per heavy atom. The van der Waals surface area contributed by atoms with Gasteiger partial charge in [0.15, 0.2) is 0 Å². The molecule has 0 bridgehead atoms. The zero-order valence-corrected chi connectivity index (χ0v) is 8.34. The van der Waals surface area contributed by atoms with E-state index in [1.54, 1.807) is 5.38 Å². The predicted molar refractivity (Wildman–Crippen MR) is 46.6 cm³/mol. The minimum atomic E-state index is -3.48. The Labute approximate surface area is 80.0 Å². The molecule has 1 aromatic rings. The Morgan fingerprint density at radius 3 is 3.00 bits per heavy atom. The van der Waals surface area contributed by atoms with Crippen LogP contribution in [0.25, 0.3) is 0 Å². The van der Waals surface area contributed by atoms with Crippen LogP contribution in [0.4, 0.5) is 0 Å². The van der Waals surface area contributed by atoms with Crippen LogP contribution in [0.1, 0.15) is 6.42 Å². The third kappa shape index (κ3) is 1.60. The molecule has 0 radical (unpaired) electrons. The Morgan fingerprint density at radius 1 is 1.62 bits per heavy atom. The molecule has 0 amide bonds. The standard InChI is InChI=1S/C6H8N2O3S2/c9-13(10,6-7-2-5-12-6)8-3-1-4-11-8/h2,5H,1,3-4H2. The quantitative estimate of drug-likeness (QED) is 0.727. The van der Waals surface area contributed by atoms with Crippen molar-refractivity contribution < 1.29 is 13.3 Å². The fraction of sp³-hybridized carbons (Fsp3) is 0.500. The summed E-state index contributed by atoms with van der Waals surface area (Å²) in [5.41, 5.74) is 0. The highest BCUT2D eigenvalue weighted by molar-refractivity contribution is 7.90. The molecule has 72 valence electrons. The molecule has 0 spiro atoms. The average molecular weight is 220 g/mol. The Bertz CT molecular complexity index is 367. The molecule has 1 fully saturated rings. The summed E-state index contributed by atoms with van der Waals surface area (Å²) >= 11 is 1.10. The summed E-state index contributed by atoms with van der Waals surface area (Å²) in [6.07, 6.45) is 2.21. The molecule has 5 nitrogen and oxygen atoms in total. The first-order valence-corrected chi connectivity index (χ1v) is 6.08. The number of aromatic nitrogens is 1. The molecule has 0 atom stereocenters. The predicted octanol–water partition coefficient (Wildman–Crippen LogP) is 0.469. The van der Waals surface area contributed by atoms with Crippen LogP contribution in [-0.2, 0) is 14.9 Å². The van der Waals surface area contributed by atoms with E-state index in [4.69, 9.17) is 4.84 Å². The van der Waals surface area contributed by atoms with Gasteiger partial charge in [0.05, 0.1) is 6.61 Å². The first-order valence-electron chi connectivity index (χ1n) is 3.76. The highest BCUT2D eigenvalue weighted by atomic mass is 32.2. The van der Waals surface area contributed by atoms with Crippen molar-refractivity contribution in [3.63, 3.8) is 0 Å². The van der Waals surface area contributed by atoms with Crippen molar-refractivity contribution in [1.82, 2.24) is 9.45 Å². The van der Waals surface area contributed by atoms with Crippen molar-refractivity contribution in [2.75, 3.05) is 13.2 Å². The van der Waals surface area contributed by atoms with Crippen molar-refractivity contribution in [2.45, 2.75) is 10.8 Å². The van der Waals surface area contributed by atoms with Crippen molar-refractivity contribution in [3.8, 4) is 0 Å². The SMILES string of the molecule is O=S(=O)(c1nccs1)N1CCCO1. The van der Waals surface area contributed by atoms with Gasteiger partial charge >= 0.3 is 0 Å². The number of rotatable bonds is 2. The lowest BCUT2D eigenvalue weighted by atomic mass is 10.5. The molecule has 1 aliphatic heterocycles. The maximum absolute atomic E-state index is 11.6. The second kappa shape index (κ2) is 3.33. The fourth-order valence-electron chi connectivity index (χ4n) is 1.04. The number of hydrogen-bond donors (Lipinski definition) is 0.